The average molecular weight is 338 g/mol. The smallest absolute Gasteiger partial charge is 0.340 e. The van der Waals surface area contributed by atoms with Gasteiger partial charge in [0.25, 0.3) is 7.37 Å². The van der Waals surface area contributed by atoms with Crippen LogP contribution in [0, 0.1) is 0 Å². The van der Waals surface area contributed by atoms with Crippen molar-refractivity contribution in [1.82, 2.24) is 0 Å². The normalized spacial score (nSPS) is 17.7. The minimum atomic E-state index is -7.17. The van der Waals surface area contributed by atoms with Gasteiger partial charge in [0.2, 0.25) is 0 Å². The Kier molecular flexibility index (Phi) is 5.07. The Labute approximate surface area is 106 Å². The van der Waals surface area contributed by atoms with Crippen LogP contribution in [0.5, 0.6) is 0 Å². The summed E-state index contributed by atoms with van der Waals surface area (Å²) in [5, 5.41) is 0. The molecule has 0 saturated carbocycles. The number of hydrogen-bond donors (Lipinski definition) is 1. The highest BCUT2D eigenvalue weighted by Crippen LogP contribution is 2.67. The Bertz CT molecular complexity index is 415. The van der Waals surface area contributed by atoms with Crippen molar-refractivity contribution in [2.24, 2.45) is 0 Å². The van der Waals surface area contributed by atoms with E-state index in [-0.39, 0.29) is 0 Å². The third kappa shape index (κ3) is 2.83. The van der Waals surface area contributed by atoms with Gasteiger partial charge in [-0.2, -0.15) is 39.5 Å². The SMILES string of the molecule is C=CCCP(=O)(O)C(F)(F)C(F)(F)C(F)(F)C(F)(F)F. The van der Waals surface area contributed by atoms with E-state index in [4.69, 9.17) is 4.89 Å². The largest absolute Gasteiger partial charge is 0.460 e. The van der Waals surface area contributed by atoms with Crippen LogP contribution in [-0.4, -0.2) is 34.7 Å². The van der Waals surface area contributed by atoms with Gasteiger partial charge >= 0.3 is 23.7 Å². The molecule has 0 heterocycles. The highest BCUT2D eigenvalue weighted by Gasteiger charge is 2.85. The lowest BCUT2D eigenvalue weighted by Crippen LogP contribution is -2.60. The standard InChI is InChI=1S/C8H8F9O2P/c1-2-3-4-20(18,19)8(16,17)6(11,12)5(9,10)7(13,14)15/h2H,1,3-4H2,(H,18,19). The van der Waals surface area contributed by atoms with Crippen molar-refractivity contribution < 1.29 is 49.0 Å². The molecule has 0 radical (unpaired) electrons. The van der Waals surface area contributed by atoms with Crippen molar-refractivity contribution >= 4 is 7.37 Å². The third-order valence-electron chi connectivity index (χ3n) is 2.20. The first-order valence-corrected chi connectivity index (χ1v) is 6.53. The van der Waals surface area contributed by atoms with E-state index in [1.807, 2.05) is 0 Å². The van der Waals surface area contributed by atoms with Gasteiger partial charge in [-0.3, -0.25) is 4.57 Å². The van der Waals surface area contributed by atoms with Gasteiger partial charge in [0, 0.05) is 6.16 Å². The lowest BCUT2D eigenvalue weighted by atomic mass is 10.1. The van der Waals surface area contributed by atoms with E-state index in [1.165, 1.54) is 0 Å². The zero-order chi connectivity index (χ0) is 16.6. The fraction of sp³-hybridized carbons (Fsp3) is 0.750. The van der Waals surface area contributed by atoms with Gasteiger partial charge in [0.1, 0.15) is 0 Å². The molecule has 0 amide bonds. The van der Waals surface area contributed by atoms with E-state index in [0.717, 1.165) is 6.08 Å². The maximum atomic E-state index is 13.1. The lowest BCUT2D eigenvalue weighted by Gasteiger charge is -2.35. The molecule has 0 spiro atoms. The van der Waals surface area contributed by atoms with Crippen LogP contribution < -0.4 is 0 Å². The number of hydrogen-bond acceptors (Lipinski definition) is 1. The van der Waals surface area contributed by atoms with Crippen LogP contribution in [0.3, 0.4) is 0 Å². The topological polar surface area (TPSA) is 37.3 Å². The van der Waals surface area contributed by atoms with Crippen LogP contribution in [0.1, 0.15) is 6.42 Å². The molecular weight excluding hydrogens is 330 g/mol. The Morgan fingerprint density at radius 2 is 1.35 bits per heavy atom. The van der Waals surface area contributed by atoms with Crippen LogP contribution in [-0.2, 0) is 4.57 Å². The first kappa shape index (κ1) is 19.3. The molecule has 12 heteroatoms. The highest BCUT2D eigenvalue weighted by molar-refractivity contribution is 7.59. The molecule has 20 heavy (non-hydrogen) atoms. The summed E-state index contributed by atoms with van der Waals surface area (Å²) in [7, 11) is -6.33. The van der Waals surface area contributed by atoms with Crippen molar-refractivity contribution in [1.29, 1.82) is 0 Å². The van der Waals surface area contributed by atoms with Crippen LogP contribution in [0.4, 0.5) is 39.5 Å². The molecule has 1 unspecified atom stereocenters. The van der Waals surface area contributed by atoms with E-state index < -0.39 is 43.6 Å². The second kappa shape index (κ2) is 5.25. The first-order chi connectivity index (χ1) is 8.56. The van der Waals surface area contributed by atoms with E-state index in [9.17, 15) is 44.1 Å². The van der Waals surface area contributed by atoms with Crippen molar-refractivity contribution in [3.8, 4) is 0 Å². The van der Waals surface area contributed by atoms with E-state index in [1.54, 1.807) is 0 Å². The summed E-state index contributed by atoms with van der Waals surface area (Å²) < 4.78 is 123. The van der Waals surface area contributed by atoms with Crippen molar-refractivity contribution in [3.05, 3.63) is 12.7 Å². The molecule has 0 saturated heterocycles. The fourth-order valence-electron chi connectivity index (χ4n) is 0.993. The molecule has 0 aliphatic rings. The minimum absolute atomic E-state index is 0.735. The predicted octanol–water partition coefficient (Wildman–Crippen LogP) is 4.26. The molecule has 120 valence electrons. The maximum absolute atomic E-state index is 13.1. The molecule has 0 rings (SSSR count). The third-order valence-corrected chi connectivity index (χ3v) is 4.23. The molecule has 1 atom stereocenters. The van der Waals surface area contributed by atoms with Gasteiger partial charge in [0.05, 0.1) is 0 Å². The monoisotopic (exact) mass is 338 g/mol. The average Bonchev–Trinajstić information content (AvgIpc) is 2.24. The fourth-order valence-corrected chi connectivity index (χ4v) is 2.39. The summed E-state index contributed by atoms with van der Waals surface area (Å²) in [5.41, 5.74) is -6.46. The quantitative estimate of drug-likeness (QED) is 0.446. The van der Waals surface area contributed by atoms with Gasteiger partial charge in [-0.05, 0) is 6.42 Å². The van der Waals surface area contributed by atoms with Crippen molar-refractivity contribution in [3.63, 3.8) is 0 Å². The molecule has 1 N–H and O–H groups in total. The van der Waals surface area contributed by atoms with E-state index >= 15 is 0 Å². The molecule has 0 aromatic rings. The van der Waals surface area contributed by atoms with Crippen LogP contribution in [0.15, 0.2) is 12.7 Å². The predicted molar refractivity (Wildman–Crippen MR) is 50.4 cm³/mol. The van der Waals surface area contributed by atoms with Gasteiger partial charge in [-0.15, -0.1) is 6.58 Å². The van der Waals surface area contributed by atoms with Crippen LogP contribution >= 0.6 is 7.37 Å². The van der Waals surface area contributed by atoms with Gasteiger partial charge < -0.3 is 4.89 Å². The zero-order valence-electron chi connectivity index (χ0n) is 9.40. The second-order valence-corrected chi connectivity index (χ2v) is 6.10. The van der Waals surface area contributed by atoms with Gasteiger partial charge in [-0.25, -0.2) is 0 Å². The van der Waals surface area contributed by atoms with Crippen LogP contribution in [0.2, 0.25) is 0 Å². The maximum Gasteiger partial charge on any atom is 0.460 e. The molecule has 0 aromatic heterocycles. The van der Waals surface area contributed by atoms with E-state index in [2.05, 4.69) is 6.58 Å². The van der Waals surface area contributed by atoms with Crippen molar-refractivity contribution in [2.45, 2.75) is 30.1 Å². The summed E-state index contributed by atoms with van der Waals surface area (Å²) in [6.45, 7) is 2.90. The Morgan fingerprint density at radius 1 is 0.950 bits per heavy atom. The zero-order valence-corrected chi connectivity index (χ0v) is 10.3. The summed E-state index contributed by atoms with van der Waals surface area (Å²) >= 11 is 0. The summed E-state index contributed by atoms with van der Waals surface area (Å²) in [6, 6.07) is 0. The van der Waals surface area contributed by atoms with Gasteiger partial charge in [-0.1, -0.05) is 6.08 Å². The second-order valence-electron chi connectivity index (χ2n) is 3.69. The summed E-state index contributed by atoms with van der Waals surface area (Å²) in [6.07, 6.45) is -8.65. The van der Waals surface area contributed by atoms with Crippen molar-refractivity contribution in [2.75, 3.05) is 6.16 Å². The molecule has 0 aromatic carbocycles. The highest BCUT2D eigenvalue weighted by atomic mass is 31.2. The molecule has 0 aliphatic heterocycles. The molecule has 0 aliphatic carbocycles. The van der Waals surface area contributed by atoms with Crippen LogP contribution in [0.25, 0.3) is 0 Å². The summed E-state index contributed by atoms with van der Waals surface area (Å²) in [5.74, 6) is -14.3. The number of alkyl halides is 9. The Morgan fingerprint density at radius 3 is 1.65 bits per heavy atom. The summed E-state index contributed by atoms with van der Waals surface area (Å²) in [4.78, 5) is 8.72. The molecular formula is C8H8F9O2P. The number of allylic oxidation sites excluding steroid dienone is 1. The number of halogens is 9. The minimum Gasteiger partial charge on any atom is -0.340 e. The number of rotatable bonds is 6. The molecule has 2 nitrogen and oxygen atoms in total. The Balaban J connectivity index is 5.80. The lowest BCUT2D eigenvalue weighted by molar-refractivity contribution is -0.383. The van der Waals surface area contributed by atoms with E-state index in [0.29, 0.717) is 0 Å². The molecule has 0 bridgehead atoms. The molecule has 0 fully saturated rings. The van der Waals surface area contributed by atoms with Gasteiger partial charge in [0.15, 0.2) is 0 Å². The Hall–Kier alpha value is -0.700. The first-order valence-electron chi connectivity index (χ1n) is 4.69.